The van der Waals surface area contributed by atoms with Crippen molar-refractivity contribution >= 4 is 11.3 Å². The van der Waals surface area contributed by atoms with Crippen LogP contribution in [-0.4, -0.2) is 11.8 Å². The molecule has 18 heavy (non-hydrogen) atoms. The molecule has 0 fully saturated rings. The molecule has 0 saturated carbocycles. The van der Waals surface area contributed by atoms with Gasteiger partial charge in [0.05, 0.1) is 10.7 Å². The maximum Gasteiger partial charge on any atom is 0.231 e. The van der Waals surface area contributed by atoms with Crippen LogP contribution < -0.4 is 14.8 Å². The minimum absolute atomic E-state index is 0.317. The van der Waals surface area contributed by atoms with E-state index in [9.17, 15) is 0 Å². The second kappa shape index (κ2) is 4.96. The lowest BCUT2D eigenvalue weighted by atomic mass is 10.2. The SMILES string of the molecule is Cc1nc(CNCc2cccc3c2OCO3)cs1. The van der Waals surface area contributed by atoms with Crippen molar-refractivity contribution < 1.29 is 9.47 Å². The Labute approximate surface area is 110 Å². The summed E-state index contributed by atoms with van der Waals surface area (Å²) in [6.07, 6.45) is 0. The summed E-state index contributed by atoms with van der Waals surface area (Å²) in [7, 11) is 0. The molecule has 0 atom stereocenters. The highest BCUT2D eigenvalue weighted by Gasteiger charge is 2.16. The molecule has 0 bridgehead atoms. The monoisotopic (exact) mass is 262 g/mol. The van der Waals surface area contributed by atoms with Gasteiger partial charge in [0.25, 0.3) is 0 Å². The quantitative estimate of drug-likeness (QED) is 0.919. The lowest BCUT2D eigenvalue weighted by molar-refractivity contribution is 0.173. The van der Waals surface area contributed by atoms with E-state index in [1.54, 1.807) is 11.3 Å². The molecule has 0 amide bonds. The Kier molecular flexibility index (Phi) is 3.17. The Balaban J connectivity index is 1.62. The molecule has 0 radical (unpaired) electrons. The molecule has 0 spiro atoms. The standard InChI is InChI=1S/C13H14N2O2S/c1-9-15-11(7-18-9)6-14-5-10-3-2-4-12-13(10)17-8-16-12/h2-4,7,14H,5-6,8H2,1H3. The molecule has 1 N–H and O–H groups in total. The summed E-state index contributed by atoms with van der Waals surface area (Å²) >= 11 is 1.67. The number of nitrogens with zero attached hydrogens (tertiary/aromatic N) is 1. The predicted octanol–water partition coefficient (Wildman–Crippen LogP) is 2.47. The van der Waals surface area contributed by atoms with Crippen molar-refractivity contribution in [2.75, 3.05) is 6.79 Å². The maximum absolute atomic E-state index is 5.46. The van der Waals surface area contributed by atoms with Crippen LogP contribution in [0.25, 0.3) is 0 Å². The Bertz CT molecular complexity index is 554. The van der Waals surface area contributed by atoms with Gasteiger partial charge in [-0.2, -0.15) is 0 Å². The van der Waals surface area contributed by atoms with Crippen molar-refractivity contribution in [3.63, 3.8) is 0 Å². The van der Waals surface area contributed by atoms with E-state index in [-0.39, 0.29) is 0 Å². The van der Waals surface area contributed by atoms with E-state index in [0.717, 1.165) is 40.9 Å². The number of aromatic nitrogens is 1. The molecule has 4 nitrogen and oxygen atoms in total. The van der Waals surface area contributed by atoms with Crippen molar-refractivity contribution in [3.05, 3.63) is 39.8 Å². The van der Waals surface area contributed by atoms with Gasteiger partial charge in [-0.3, -0.25) is 0 Å². The van der Waals surface area contributed by atoms with Crippen molar-refractivity contribution in [2.24, 2.45) is 0 Å². The van der Waals surface area contributed by atoms with Crippen molar-refractivity contribution in [2.45, 2.75) is 20.0 Å². The zero-order chi connectivity index (χ0) is 12.4. The Morgan fingerprint density at radius 1 is 1.33 bits per heavy atom. The molecule has 1 aromatic carbocycles. The summed E-state index contributed by atoms with van der Waals surface area (Å²) in [6.45, 7) is 3.86. The maximum atomic E-state index is 5.46. The second-order valence-electron chi connectivity index (χ2n) is 4.11. The van der Waals surface area contributed by atoms with Gasteiger partial charge in [-0.05, 0) is 13.0 Å². The lowest BCUT2D eigenvalue weighted by Crippen LogP contribution is -2.13. The molecular weight excluding hydrogens is 248 g/mol. The normalized spacial score (nSPS) is 12.9. The van der Waals surface area contributed by atoms with E-state index in [1.165, 1.54) is 0 Å². The van der Waals surface area contributed by atoms with Crippen molar-refractivity contribution in [1.82, 2.24) is 10.3 Å². The number of hydrogen-bond donors (Lipinski definition) is 1. The number of fused-ring (bicyclic) bond motifs is 1. The number of thiazole rings is 1. The zero-order valence-corrected chi connectivity index (χ0v) is 10.9. The number of aryl methyl sites for hydroxylation is 1. The first-order valence-corrected chi connectivity index (χ1v) is 6.70. The van der Waals surface area contributed by atoms with Crippen LogP contribution in [-0.2, 0) is 13.1 Å². The number of para-hydroxylation sites is 1. The third-order valence-electron chi connectivity index (χ3n) is 2.77. The zero-order valence-electron chi connectivity index (χ0n) is 10.1. The first-order chi connectivity index (χ1) is 8.83. The highest BCUT2D eigenvalue weighted by Crippen LogP contribution is 2.35. The van der Waals surface area contributed by atoms with Gasteiger partial charge >= 0.3 is 0 Å². The van der Waals surface area contributed by atoms with Crippen molar-refractivity contribution in [1.29, 1.82) is 0 Å². The smallest absolute Gasteiger partial charge is 0.231 e. The fourth-order valence-corrected chi connectivity index (χ4v) is 2.56. The lowest BCUT2D eigenvalue weighted by Gasteiger charge is -2.06. The molecule has 1 aliphatic heterocycles. The van der Waals surface area contributed by atoms with Crippen LogP contribution >= 0.6 is 11.3 Å². The average Bonchev–Trinajstić information content (AvgIpc) is 2.98. The second-order valence-corrected chi connectivity index (χ2v) is 5.17. The average molecular weight is 262 g/mol. The van der Waals surface area contributed by atoms with Gasteiger partial charge in [-0.15, -0.1) is 11.3 Å². The van der Waals surface area contributed by atoms with Gasteiger partial charge < -0.3 is 14.8 Å². The highest BCUT2D eigenvalue weighted by molar-refractivity contribution is 7.09. The summed E-state index contributed by atoms with van der Waals surface area (Å²) in [5.74, 6) is 1.69. The fourth-order valence-electron chi connectivity index (χ4n) is 1.94. The number of nitrogens with one attached hydrogen (secondary N) is 1. The van der Waals surface area contributed by atoms with Crippen molar-refractivity contribution in [3.8, 4) is 11.5 Å². The minimum atomic E-state index is 0.317. The molecular formula is C13H14N2O2S. The highest BCUT2D eigenvalue weighted by atomic mass is 32.1. The van der Waals surface area contributed by atoms with E-state index in [4.69, 9.17) is 9.47 Å². The van der Waals surface area contributed by atoms with Crippen LogP contribution in [0.5, 0.6) is 11.5 Å². The fraction of sp³-hybridized carbons (Fsp3) is 0.308. The van der Waals surface area contributed by atoms with E-state index in [2.05, 4.69) is 15.7 Å². The van der Waals surface area contributed by atoms with Gasteiger partial charge in [-0.25, -0.2) is 4.98 Å². The molecule has 2 heterocycles. The summed E-state index contributed by atoms with van der Waals surface area (Å²) in [6, 6.07) is 5.96. The molecule has 1 aliphatic rings. The minimum Gasteiger partial charge on any atom is -0.454 e. The summed E-state index contributed by atoms with van der Waals surface area (Å²) in [5.41, 5.74) is 2.21. The van der Waals surface area contributed by atoms with Crippen LogP contribution in [0.15, 0.2) is 23.6 Å². The Morgan fingerprint density at radius 2 is 2.28 bits per heavy atom. The number of ether oxygens (including phenoxy) is 2. The molecule has 1 aromatic heterocycles. The molecule has 2 aromatic rings. The molecule has 94 valence electrons. The molecule has 0 saturated heterocycles. The largest absolute Gasteiger partial charge is 0.454 e. The molecule has 0 unspecified atom stereocenters. The van der Waals surface area contributed by atoms with E-state index in [1.807, 2.05) is 25.1 Å². The van der Waals surface area contributed by atoms with E-state index < -0.39 is 0 Å². The van der Waals surface area contributed by atoms with Crippen LogP contribution in [0.2, 0.25) is 0 Å². The van der Waals surface area contributed by atoms with Crippen LogP contribution in [0.1, 0.15) is 16.3 Å². The molecule has 0 aliphatic carbocycles. The van der Waals surface area contributed by atoms with Crippen LogP contribution in [0.3, 0.4) is 0 Å². The number of hydrogen-bond acceptors (Lipinski definition) is 5. The van der Waals surface area contributed by atoms with Gasteiger partial charge in [0.1, 0.15) is 0 Å². The van der Waals surface area contributed by atoms with Gasteiger partial charge in [0, 0.05) is 24.0 Å². The first-order valence-electron chi connectivity index (χ1n) is 5.82. The van der Waals surface area contributed by atoms with E-state index in [0.29, 0.717) is 6.79 Å². The molecule has 3 rings (SSSR count). The van der Waals surface area contributed by atoms with Gasteiger partial charge in [-0.1, -0.05) is 12.1 Å². The number of rotatable bonds is 4. The predicted molar refractivity (Wildman–Crippen MR) is 70.0 cm³/mol. The van der Waals surface area contributed by atoms with Gasteiger partial charge in [0.15, 0.2) is 11.5 Å². The third kappa shape index (κ3) is 2.32. The van der Waals surface area contributed by atoms with Gasteiger partial charge in [0.2, 0.25) is 6.79 Å². The Morgan fingerprint density at radius 3 is 3.11 bits per heavy atom. The summed E-state index contributed by atoms with van der Waals surface area (Å²) < 4.78 is 10.8. The first kappa shape index (κ1) is 11.5. The van der Waals surface area contributed by atoms with Crippen LogP contribution in [0, 0.1) is 6.92 Å². The Hall–Kier alpha value is -1.59. The topological polar surface area (TPSA) is 43.4 Å². The molecule has 5 heteroatoms. The number of benzene rings is 1. The third-order valence-corrected chi connectivity index (χ3v) is 3.59. The summed E-state index contributed by atoms with van der Waals surface area (Å²) in [5, 5.41) is 6.55. The van der Waals surface area contributed by atoms with Crippen LogP contribution in [0.4, 0.5) is 0 Å². The van der Waals surface area contributed by atoms with E-state index >= 15 is 0 Å². The summed E-state index contributed by atoms with van der Waals surface area (Å²) in [4.78, 5) is 4.41.